The van der Waals surface area contributed by atoms with E-state index in [1.807, 2.05) is 0 Å². The Kier molecular flexibility index (Phi) is 5.16. The average molecular weight is 255 g/mol. The number of aryl methyl sites for hydroxylation is 2. The molecule has 0 fully saturated rings. The van der Waals surface area contributed by atoms with Crippen molar-refractivity contribution in [2.45, 2.75) is 33.2 Å². The second-order valence-corrected chi connectivity index (χ2v) is 3.91. The number of amides is 2. The lowest BCUT2D eigenvalue weighted by Gasteiger charge is -2.06. The third-order valence-electron chi connectivity index (χ3n) is 2.46. The number of rotatable bonds is 6. The molecule has 0 aliphatic rings. The molecule has 0 aliphatic carbocycles. The van der Waals surface area contributed by atoms with E-state index in [9.17, 15) is 9.59 Å². The zero-order valence-electron chi connectivity index (χ0n) is 10.4. The molecule has 0 unspecified atom stereocenters. The minimum atomic E-state index is -0.868. The lowest BCUT2D eigenvalue weighted by Crippen LogP contribution is -2.35. The number of urea groups is 1. The lowest BCUT2D eigenvalue weighted by atomic mass is 10.2. The van der Waals surface area contributed by atoms with Crippen molar-refractivity contribution in [1.29, 1.82) is 0 Å². The van der Waals surface area contributed by atoms with Gasteiger partial charge in [0.25, 0.3) is 0 Å². The standard InChI is InChI=1S/C11H17N3O4/c1-7-9(8(2)18-14-7)6-13-11(17)12-5-3-4-10(15)16/h3-6H2,1-2H3,(H,15,16)(H2,12,13,17). The Morgan fingerprint density at radius 3 is 2.61 bits per heavy atom. The number of hydrogen-bond donors (Lipinski definition) is 3. The van der Waals surface area contributed by atoms with Crippen LogP contribution in [0.15, 0.2) is 4.52 Å². The summed E-state index contributed by atoms with van der Waals surface area (Å²) in [4.78, 5) is 21.6. The van der Waals surface area contributed by atoms with E-state index >= 15 is 0 Å². The van der Waals surface area contributed by atoms with Crippen LogP contribution < -0.4 is 10.6 Å². The molecule has 7 heteroatoms. The van der Waals surface area contributed by atoms with Gasteiger partial charge in [0.1, 0.15) is 5.76 Å². The molecule has 18 heavy (non-hydrogen) atoms. The van der Waals surface area contributed by atoms with Crippen molar-refractivity contribution >= 4 is 12.0 Å². The fraction of sp³-hybridized carbons (Fsp3) is 0.545. The highest BCUT2D eigenvalue weighted by Gasteiger charge is 2.09. The van der Waals surface area contributed by atoms with Crippen LogP contribution in [-0.4, -0.2) is 28.8 Å². The van der Waals surface area contributed by atoms with Crippen LogP contribution in [0.1, 0.15) is 29.9 Å². The fourth-order valence-electron chi connectivity index (χ4n) is 1.43. The van der Waals surface area contributed by atoms with Crippen molar-refractivity contribution in [3.63, 3.8) is 0 Å². The van der Waals surface area contributed by atoms with Crippen molar-refractivity contribution in [3.8, 4) is 0 Å². The normalized spacial score (nSPS) is 10.1. The summed E-state index contributed by atoms with van der Waals surface area (Å²) in [5.41, 5.74) is 1.61. The van der Waals surface area contributed by atoms with E-state index in [4.69, 9.17) is 9.63 Å². The van der Waals surface area contributed by atoms with Crippen LogP contribution in [0, 0.1) is 13.8 Å². The molecule has 0 atom stereocenters. The van der Waals surface area contributed by atoms with Gasteiger partial charge in [-0.15, -0.1) is 0 Å². The van der Waals surface area contributed by atoms with E-state index < -0.39 is 5.97 Å². The van der Waals surface area contributed by atoms with Gasteiger partial charge in [-0.2, -0.15) is 0 Å². The predicted octanol–water partition coefficient (Wildman–Crippen LogP) is 0.955. The van der Waals surface area contributed by atoms with Gasteiger partial charge in [-0.05, 0) is 20.3 Å². The summed E-state index contributed by atoms with van der Waals surface area (Å²) < 4.78 is 4.97. The molecule has 0 saturated heterocycles. The van der Waals surface area contributed by atoms with Crippen LogP contribution in [-0.2, 0) is 11.3 Å². The van der Waals surface area contributed by atoms with Crippen LogP contribution in [0.5, 0.6) is 0 Å². The minimum Gasteiger partial charge on any atom is -0.481 e. The Balaban J connectivity index is 2.23. The van der Waals surface area contributed by atoms with Crippen LogP contribution in [0.25, 0.3) is 0 Å². The summed E-state index contributed by atoms with van der Waals surface area (Å²) in [5, 5.41) is 17.4. The van der Waals surface area contributed by atoms with E-state index in [-0.39, 0.29) is 12.5 Å². The second-order valence-electron chi connectivity index (χ2n) is 3.91. The smallest absolute Gasteiger partial charge is 0.315 e. The number of carboxylic acids is 1. The van der Waals surface area contributed by atoms with Gasteiger partial charge < -0.3 is 20.3 Å². The van der Waals surface area contributed by atoms with Crippen molar-refractivity contribution in [2.24, 2.45) is 0 Å². The summed E-state index contributed by atoms with van der Waals surface area (Å²) >= 11 is 0. The first kappa shape index (κ1) is 14.0. The maximum Gasteiger partial charge on any atom is 0.315 e. The molecular formula is C11H17N3O4. The largest absolute Gasteiger partial charge is 0.481 e. The average Bonchev–Trinajstić information content (AvgIpc) is 2.62. The topological polar surface area (TPSA) is 104 Å². The summed E-state index contributed by atoms with van der Waals surface area (Å²) in [7, 11) is 0. The molecule has 1 aromatic heterocycles. The van der Waals surface area contributed by atoms with Crippen molar-refractivity contribution in [1.82, 2.24) is 15.8 Å². The highest BCUT2D eigenvalue weighted by Crippen LogP contribution is 2.11. The number of nitrogens with zero attached hydrogens (tertiary/aromatic N) is 1. The predicted molar refractivity (Wildman–Crippen MR) is 63.1 cm³/mol. The molecule has 0 spiro atoms. The van der Waals surface area contributed by atoms with E-state index in [1.54, 1.807) is 13.8 Å². The van der Waals surface area contributed by atoms with Gasteiger partial charge in [0.2, 0.25) is 0 Å². The highest BCUT2D eigenvalue weighted by atomic mass is 16.5. The maximum absolute atomic E-state index is 11.4. The van der Waals surface area contributed by atoms with Gasteiger partial charge in [-0.1, -0.05) is 5.16 Å². The first-order valence-electron chi connectivity index (χ1n) is 5.66. The molecule has 3 N–H and O–H groups in total. The molecular weight excluding hydrogens is 238 g/mol. The Hall–Kier alpha value is -2.05. The quantitative estimate of drug-likeness (QED) is 0.656. The SMILES string of the molecule is Cc1noc(C)c1CNC(=O)NCCCC(=O)O. The number of aromatic nitrogens is 1. The molecule has 100 valence electrons. The zero-order chi connectivity index (χ0) is 13.5. The molecule has 0 saturated carbocycles. The fourth-order valence-corrected chi connectivity index (χ4v) is 1.43. The molecule has 7 nitrogen and oxygen atoms in total. The molecule has 0 bridgehead atoms. The summed E-state index contributed by atoms with van der Waals surface area (Å²) in [6, 6.07) is -0.333. The second kappa shape index (κ2) is 6.63. The number of carbonyl (C=O) groups excluding carboxylic acids is 1. The number of aliphatic carboxylic acids is 1. The number of nitrogens with one attached hydrogen (secondary N) is 2. The summed E-state index contributed by atoms with van der Waals surface area (Å²) in [6.45, 7) is 4.26. The van der Waals surface area contributed by atoms with Crippen molar-refractivity contribution < 1.29 is 19.2 Å². The summed E-state index contributed by atoms with van der Waals surface area (Å²) in [6.07, 6.45) is 0.457. The molecule has 1 heterocycles. The Morgan fingerprint density at radius 1 is 1.33 bits per heavy atom. The van der Waals surface area contributed by atoms with Crippen LogP contribution in [0.2, 0.25) is 0 Å². The van der Waals surface area contributed by atoms with Gasteiger partial charge in [0, 0.05) is 25.1 Å². The Bertz CT molecular complexity index is 408. The molecule has 0 aliphatic heterocycles. The number of hydrogen-bond acceptors (Lipinski definition) is 4. The molecule has 1 aromatic rings. The third-order valence-corrected chi connectivity index (χ3v) is 2.46. The van der Waals surface area contributed by atoms with E-state index in [2.05, 4.69) is 15.8 Å². The molecule has 0 radical (unpaired) electrons. The van der Waals surface area contributed by atoms with Gasteiger partial charge in [-0.25, -0.2) is 4.79 Å². The van der Waals surface area contributed by atoms with E-state index in [1.165, 1.54) is 0 Å². The molecule has 0 aromatic carbocycles. The highest BCUT2D eigenvalue weighted by molar-refractivity contribution is 5.74. The van der Waals surface area contributed by atoms with Crippen LogP contribution in [0.3, 0.4) is 0 Å². The minimum absolute atomic E-state index is 0.0458. The Morgan fingerprint density at radius 2 is 2.06 bits per heavy atom. The molecule has 1 rings (SSSR count). The van der Waals surface area contributed by atoms with Crippen molar-refractivity contribution in [3.05, 3.63) is 17.0 Å². The van der Waals surface area contributed by atoms with Crippen molar-refractivity contribution in [2.75, 3.05) is 6.54 Å². The Labute approximate surface area is 105 Å². The van der Waals surface area contributed by atoms with Crippen LogP contribution in [0.4, 0.5) is 4.79 Å². The first-order chi connectivity index (χ1) is 8.50. The number of carbonyl (C=O) groups is 2. The van der Waals surface area contributed by atoms with Gasteiger partial charge >= 0.3 is 12.0 Å². The first-order valence-corrected chi connectivity index (χ1v) is 5.66. The molecule has 2 amide bonds. The maximum atomic E-state index is 11.4. The van der Waals surface area contributed by atoms with Gasteiger partial charge in [0.05, 0.1) is 5.69 Å². The number of carboxylic acid groups (broad SMARTS) is 1. The lowest BCUT2D eigenvalue weighted by molar-refractivity contribution is -0.137. The third kappa shape index (κ3) is 4.44. The van der Waals surface area contributed by atoms with E-state index in [0.29, 0.717) is 25.3 Å². The zero-order valence-corrected chi connectivity index (χ0v) is 10.4. The van der Waals surface area contributed by atoms with Crippen LogP contribution >= 0.6 is 0 Å². The van der Waals surface area contributed by atoms with Gasteiger partial charge in [-0.3, -0.25) is 4.79 Å². The summed E-state index contributed by atoms with van der Waals surface area (Å²) in [5.74, 6) is -0.188. The van der Waals surface area contributed by atoms with E-state index in [0.717, 1.165) is 11.3 Å². The monoisotopic (exact) mass is 255 g/mol. The van der Waals surface area contributed by atoms with Gasteiger partial charge in [0.15, 0.2) is 0 Å².